The summed E-state index contributed by atoms with van der Waals surface area (Å²) in [6.07, 6.45) is 5.00. The molecule has 1 aromatic rings. The Morgan fingerprint density at radius 1 is 1.09 bits per heavy atom. The first-order chi connectivity index (χ1) is 11.1. The van der Waals surface area contributed by atoms with Gasteiger partial charge >= 0.3 is 5.97 Å². The number of carboxylic acid groups (broad SMARTS) is 1. The quantitative estimate of drug-likeness (QED) is 0.870. The number of benzene rings is 1. The Bertz CT molecular complexity index is 607. The largest absolute Gasteiger partial charge is 0.481 e. The van der Waals surface area contributed by atoms with Crippen molar-refractivity contribution in [2.75, 3.05) is 12.1 Å². The summed E-state index contributed by atoms with van der Waals surface area (Å²) in [5.41, 5.74) is 0.227. The van der Waals surface area contributed by atoms with E-state index in [1.165, 1.54) is 0 Å². The molecule has 1 aliphatic heterocycles. The fraction of sp³-hybridized carbons (Fsp3) is 0.529. The van der Waals surface area contributed by atoms with Crippen molar-refractivity contribution in [3.63, 3.8) is 0 Å². The summed E-state index contributed by atoms with van der Waals surface area (Å²) in [7, 11) is 0. The normalized spacial score (nSPS) is 18.4. The number of hydrogen-bond donors (Lipinski definition) is 2. The van der Waals surface area contributed by atoms with Gasteiger partial charge in [0.1, 0.15) is 0 Å². The van der Waals surface area contributed by atoms with Crippen molar-refractivity contribution in [1.82, 2.24) is 0 Å². The van der Waals surface area contributed by atoms with Crippen molar-refractivity contribution in [2.45, 2.75) is 44.9 Å². The molecule has 1 aliphatic carbocycles. The van der Waals surface area contributed by atoms with Gasteiger partial charge in [-0.05, 0) is 30.4 Å². The molecular weight excluding hydrogens is 298 g/mol. The molecule has 6 heteroatoms. The number of anilines is 1. The molecule has 23 heavy (non-hydrogen) atoms. The number of amides is 1. The number of hydrogen-bond acceptors (Lipinski definition) is 4. The second-order valence-electron chi connectivity index (χ2n) is 6.42. The molecule has 0 atom stereocenters. The summed E-state index contributed by atoms with van der Waals surface area (Å²) < 4.78 is 10.5. The predicted molar refractivity (Wildman–Crippen MR) is 83.6 cm³/mol. The molecule has 0 radical (unpaired) electrons. The zero-order valence-corrected chi connectivity index (χ0v) is 13.0. The van der Waals surface area contributed by atoms with Gasteiger partial charge in [0.2, 0.25) is 12.7 Å². The maximum Gasteiger partial charge on any atom is 0.303 e. The zero-order valence-electron chi connectivity index (χ0n) is 13.0. The molecule has 2 N–H and O–H groups in total. The minimum absolute atomic E-state index is 0.0571. The van der Waals surface area contributed by atoms with Crippen LogP contribution in [0, 0.1) is 5.41 Å². The van der Waals surface area contributed by atoms with E-state index in [9.17, 15) is 14.7 Å². The van der Waals surface area contributed by atoms with Crippen LogP contribution in [0.25, 0.3) is 0 Å². The number of ether oxygens (including phenoxy) is 2. The van der Waals surface area contributed by atoms with Crippen LogP contribution in [0.1, 0.15) is 44.9 Å². The molecule has 1 amide bonds. The fourth-order valence-corrected chi connectivity index (χ4v) is 3.56. The van der Waals surface area contributed by atoms with Crippen molar-refractivity contribution in [3.8, 4) is 11.5 Å². The smallest absolute Gasteiger partial charge is 0.303 e. The van der Waals surface area contributed by atoms with Crippen LogP contribution in [0.5, 0.6) is 11.5 Å². The van der Waals surface area contributed by atoms with Crippen LogP contribution in [0.15, 0.2) is 18.2 Å². The van der Waals surface area contributed by atoms with Gasteiger partial charge in [0, 0.05) is 18.2 Å². The number of carboxylic acids is 1. The minimum Gasteiger partial charge on any atom is -0.481 e. The third-order valence-electron chi connectivity index (χ3n) is 4.63. The molecule has 3 rings (SSSR count). The van der Waals surface area contributed by atoms with Crippen LogP contribution in [-0.4, -0.2) is 23.8 Å². The third-order valence-corrected chi connectivity index (χ3v) is 4.63. The Balaban J connectivity index is 1.66. The van der Waals surface area contributed by atoms with Gasteiger partial charge < -0.3 is 19.9 Å². The lowest BCUT2D eigenvalue weighted by molar-refractivity contribution is -0.140. The van der Waals surface area contributed by atoms with Crippen LogP contribution >= 0.6 is 0 Å². The van der Waals surface area contributed by atoms with Gasteiger partial charge in [0.25, 0.3) is 0 Å². The van der Waals surface area contributed by atoms with Crippen molar-refractivity contribution in [3.05, 3.63) is 18.2 Å². The SMILES string of the molecule is O=C(O)CC1(CC(=O)Nc2ccc3c(c2)OCO3)CCCCC1. The van der Waals surface area contributed by atoms with Crippen LogP contribution in [-0.2, 0) is 9.59 Å². The lowest BCUT2D eigenvalue weighted by Gasteiger charge is -2.35. The summed E-state index contributed by atoms with van der Waals surface area (Å²) in [5, 5.41) is 12.0. The maximum atomic E-state index is 12.4. The molecule has 6 nitrogen and oxygen atoms in total. The molecule has 2 aliphatic rings. The van der Waals surface area contributed by atoms with E-state index in [1.54, 1.807) is 18.2 Å². The molecule has 0 spiro atoms. The number of carbonyl (C=O) groups is 2. The average Bonchev–Trinajstić information content (AvgIpc) is 2.94. The predicted octanol–water partition coefficient (Wildman–Crippen LogP) is 3.17. The van der Waals surface area contributed by atoms with Gasteiger partial charge in [-0.3, -0.25) is 9.59 Å². The highest BCUT2D eigenvalue weighted by molar-refractivity contribution is 5.92. The summed E-state index contributed by atoms with van der Waals surface area (Å²) in [6, 6.07) is 5.24. The third kappa shape index (κ3) is 3.75. The minimum atomic E-state index is -0.831. The summed E-state index contributed by atoms with van der Waals surface area (Å²) >= 11 is 0. The first kappa shape index (κ1) is 15.6. The molecule has 1 saturated carbocycles. The molecule has 1 aromatic carbocycles. The standard InChI is InChI=1S/C17H21NO5/c19-15(9-17(10-16(20)21)6-2-1-3-7-17)18-12-4-5-13-14(8-12)23-11-22-13/h4-5,8H,1-3,6-7,9-11H2,(H,18,19)(H,20,21). The van der Waals surface area contributed by atoms with Crippen LogP contribution in [0.2, 0.25) is 0 Å². The van der Waals surface area contributed by atoms with Crippen LogP contribution in [0.4, 0.5) is 5.69 Å². The van der Waals surface area contributed by atoms with Crippen LogP contribution < -0.4 is 14.8 Å². The van der Waals surface area contributed by atoms with Crippen molar-refractivity contribution in [2.24, 2.45) is 5.41 Å². The lowest BCUT2D eigenvalue weighted by Crippen LogP contribution is -2.32. The Kier molecular flexibility index (Phi) is 4.41. The van der Waals surface area contributed by atoms with E-state index in [-0.39, 0.29) is 25.5 Å². The topological polar surface area (TPSA) is 84.9 Å². The van der Waals surface area contributed by atoms with Gasteiger partial charge in [0.05, 0.1) is 6.42 Å². The second kappa shape index (κ2) is 6.48. The van der Waals surface area contributed by atoms with E-state index >= 15 is 0 Å². The van der Waals surface area contributed by atoms with Gasteiger partial charge in [-0.15, -0.1) is 0 Å². The summed E-state index contributed by atoms with van der Waals surface area (Å²) in [6.45, 7) is 0.189. The average molecular weight is 319 g/mol. The highest BCUT2D eigenvalue weighted by Gasteiger charge is 2.36. The summed E-state index contributed by atoms with van der Waals surface area (Å²) in [5.74, 6) is 0.299. The first-order valence-corrected chi connectivity index (χ1v) is 7.98. The molecule has 0 saturated heterocycles. The Hall–Kier alpha value is -2.24. The molecule has 0 unspecified atom stereocenters. The zero-order chi connectivity index (χ0) is 16.3. The summed E-state index contributed by atoms with van der Waals surface area (Å²) in [4.78, 5) is 23.6. The number of aliphatic carboxylic acids is 1. The van der Waals surface area contributed by atoms with Crippen molar-refractivity contribution < 1.29 is 24.2 Å². The Labute approximate surface area is 134 Å². The molecule has 124 valence electrons. The van der Waals surface area contributed by atoms with E-state index in [0.717, 1.165) is 32.1 Å². The Morgan fingerprint density at radius 2 is 1.83 bits per heavy atom. The monoisotopic (exact) mass is 319 g/mol. The number of fused-ring (bicyclic) bond motifs is 1. The molecule has 0 aromatic heterocycles. The highest BCUT2D eigenvalue weighted by atomic mass is 16.7. The van der Waals surface area contributed by atoms with E-state index in [1.807, 2.05) is 0 Å². The molecular formula is C17H21NO5. The molecule has 1 fully saturated rings. The molecule has 0 bridgehead atoms. The van der Waals surface area contributed by atoms with E-state index in [2.05, 4.69) is 5.32 Å². The maximum absolute atomic E-state index is 12.4. The number of rotatable bonds is 5. The first-order valence-electron chi connectivity index (χ1n) is 7.98. The highest BCUT2D eigenvalue weighted by Crippen LogP contribution is 2.42. The lowest BCUT2D eigenvalue weighted by atomic mass is 9.69. The van der Waals surface area contributed by atoms with E-state index in [4.69, 9.17) is 9.47 Å². The number of nitrogens with one attached hydrogen (secondary N) is 1. The van der Waals surface area contributed by atoms with Crippen LogP contribution in [0.3, 0.4) is 0 Å². The Morgan fingerprint density at radius 3 is 2.57 bits per heavy atom. The molecule has 1 heterocycles. The van der Waals surface area contributed by atoms with E-state index < -0.39 is 11.4 Å². The van der Waals surface area contributed by atoms with Crippen molar-refractivity contribution >= 4 is 17.6 Å². The van der Waals surface area contributed by atoms with Gasteiger partial charge in [-0.1, -0.05) is 19.3 Å². The van der Waals surface area contributed by atoms with E-state index in [0.29, 0.717) is 17.2 Å². The van der Waals surface area contributed by atoms with Gasteiger partial charge in [0.15, 0.2) is 11.5 Å². The van der Waals surface area contributed by atoms with Gasteiger partial charge in [-0.25, -0.2) is 0 Å². The van der Waals surface area contributed by atoms with Gasteiger partial charge in [-0.2, -0.15) is 0 Å². The second-order valence-corrected chi connectivity index (χ2v) is 6.42. The fourth-order valence-electron chi connectivity index (χ4n) is 3.56. The van der Waals surface area contributed by atoms with Crippen molar-refractivity contribution in [1.29, 1.82) is 0 Å². The number of carbonyl (C=O) groups excluding carboxylic acids is 1.